The van der Waals surface area contributed by atoms with Crippen LogP contribution in [0.1, 0.15) is 36.9 Å². The fraction of sp³-hybridized carbons (Fsp3) is 0.455. The van der Waals surface area contributed by atoms with E-state index in [0.29, 0.717) is 17.6 Å². The van der Waals surface area contributed by atoms with Gasteiger partial charge in [-0.1, -0.05) is 12.8 Å². The first kappa shape index (κ1) is 8.40. The molecule has 13 heavy (non-hydrogen) atoms. The molecule has 1 fully saturated rings. The van der Waals surface area contributed by atoms with Crippen molar-refractivity contribution in [3.8, 4) is 12.3 Å². The average molecular weight is 176 g/mol. The lowest BCUT2D eigenvalue weighted by molar-refractivity contribution is 0.203. The molecule has 1 aliphatic rings. The van der Waals surface area contributed by atoms with Gasteiger partial charge >= 0.3 is 0 Å². The third-order valence-electron chi connectivity index (χ3n) is 2.55. The summed E-state index contributed by atoms with van der Waals surface area (Å²) in [4.78, 5) is 0. The molecule has 3 atom stereocenters. The molecule has 1 aliphatic carbocycles. The Labute approximate surface area is 77.6 Å². The summed E-state index contributed by atoms with van der Waals surface area (Å²) in [5.41, 5.74) is 0. The molecule has 0 aromatic carbocycles. The zero-order valence-electron chi connectivity index (χ0n) is 7.53. The van der Waals surface area contributed by atoms with Crippen LogP contribution in [0.2, 0.25) is 0 Å². The third-order valence-corrected chi connectivity index (χ3v) is 2.55. The Morgan fingerprint density at radius 3 is 2.92 bits per heavy atom. The molecule has 1 aromatic rings. The van der Waals surface area contributed by atoms with E-state index in [0.717, 1.165) is 5.76 Å². The van der Waals surface area contributed by atoms with E-state index in [1.54, 1.807) is 6.07 Å². The standard InChI is InChI=1S/C11H12O2/c1-3-9(12)11-5-4-10(13-11)8-6-7(8)2/h1,4-5,7-9,12H,6H2,2H3. The van der Waals surface area contributed by atoms with E-state index in [9.17, 15) is 5.11 Å². The van der Waals surface area contributed by atoms with Crippen LogP contribution in [0, 0.1) is 18.3 Å². The van der Waals surface area contributed by atoms with Crippen LogP contribution < -0.4 is 0 Å². The van der Waals surface area contributed by atoms with E-state index in [1.165, 1.54) is 6.42 Å². The molecule has 3 unspecified atom stereocenters. The lowest BCUT2D eigenvalue weighted by Crippen LogP contribution is -1.89. The molecule has 68 valence electrons. The van der Waals surface area contributed by atoms with Gasteiger partial charge in [0.1, 0.15) is 11.5 Å². The summed E-state index contributed by atoms with van der Waals surface area (Å²) in [6.45, 7) is 2.18. The minimum absolute atomic E-state index is 0.483. The minimum Gasteiger partial charge on any atom is -0.462 e. The highest BCUT2D eigenvalue weighted by atomic mass is 16.4. The second kappa shape index (κ2) is 2.93. The van der Waals surface area contributed by atoms with E-state index >= 15 is 0 Å². The summed E-state index contributed by atoms with van der Waals surface area (Å²) in [6, 6.07) is 3.66. The summed E-state index contributed by atoms with van der Waals surface area (Å²) < 4.78 is 5.44. The largest absolute Gasteiger partial charge is 0.462 e. The van der Waals surface area contributed by atoms with Crippen LogP contribution in [0.15, 0.2) is 16.5 Å². The Morgan fingerprint density at radius 1 is 1.69 bits per heavy atom. The first-order valence-corrected chi connectivity index (χ1v) is 4.46. The predicted molar refractivity (Wildman–Crippen MR) is 49.0 cm³/mol. The Kier molecular flexibility index (Phi) is 1.90. The summed E-state index contributed by atoms with van der Waals surface area (Å²) in [5.74, 6) is 4.92. The monoisotopic (exact) mass is 176 g/mol. The Hall–Kier alpha value is -1.20. The number of aliphatic hydroxyl groups is 1. The SMILES string of the molecule is C#CC(O)c1ccc(C2CC2C)o1. The molecule has 1 heterocycles. The van der Waals surface area contributed by atoms with Gasteiger partial charge < -0.3 is 9.52 Å². The van der Waals surface area contributed by atoms with Crippen LogP contribution in [-0.4, -0.2) is 5.11 Å². The van der Waals surface area contributed by atoms with Crippen molar-refractivity contribution in [3.63, 3.8) is 0 Å². The number of hydrogen-bond acceptors (Lipinski definition) is 2. The zero-order chi connectivity index (χ0) is 9.42. The van der Waals surface area contributed by atoms with Crippen molar-refractivity contribution >= 4 is 0 Å². The van der Waals surface area contributed by atoms with Crippen LogP contribution in [0.3, 0.4) is 0 Å². The second-order valence-corrected chi connectivity index (χ2v) is 3.63. The molecule has 2 heteroatoms. The molecule has 0 amide bonds. The van der Waals surface area contributed by atoms with Gasteiger partial charge in [-0.25, -0.2) is 0 Å². The summed E-state index contributed by atoms with van der Waals surface area (Å²) in [6.07, 6.45) is 5.35. The predicted octanol–water partition coefficient (Wildman–Crippen LogP) is 2.07. The van der Waals surface area contributed by atoms with Crippen molar-refractivity contribution in [2.24, 2.45) is 5.92 Å². The van der Waals surface area contributed by atoms with Gasteiger partial charge in [0.05, 0.1) is 0 Å². The summed E-state index contributed by atoms with van der Waals surface area (Å²) in [7, 11) is 0. The lowest BCUT2D eigenvalue weighted by atomic mass is 10.2. The topological polar surface area (TPSA) is 33.4 Å². The van der Waals surface area contributed by atoms with Crippen LogP contribution in [-0.2, 0) is 0 Å². The molecule has 1 aromatic heterocycles. The first-order chi connectivity index (χ1) is 6.22. The molecule has 0 radical (unpaired) electrons. The van der Waals surface area contributed by atoms with E-state index in [1.807, 2.05) is 6.07 Å². The van der Waals surface area contributed by atoms with Crippen molar-refractivity contribution in [2.45, 2.75) is 25.4 Å². The van der Waals surface area contributed by atoms with Crippen molar-refractivity contribution in [3.05, 3.63) is 23.7 Å². The molecule has 0 spiro atoms. The second-order valence-electron chi connectivity index (χ2n) is 3.63. The maximum atomic E-state index is 9.28. The highest BCUT2D eigenvalue weighted by molar-refractivity contribution is 5.21. The highest BCUT2D eigenvalue weighted by Crippen LogP contribution is 2.47. The number of furan rings is 1. The number of terminal acetylenes is 1. The Morgan fingerprint density at radius 2 is 2.38 bits per heavy atom. The summed E-state index contributed by atoms with van der Waals surface area (Å²) in [5, 5.41) is 9.28. The smallest absolute Gasteiger partial charge is 0.172 e. The maximum absolute atomic E-state index is 9.28. The molecule has 2 nitrogen and oxygen atoms in total. The van der Waals surface area contributed by atoms with Crippen LogP contribution in [0.5, 0.6) is 0 Å². The van der Waals surface area contributed by atoms with Crippen molar-refractivity contribution in [1.29, 1.82) is 0 Å². The number of hydrogen-bond donors (Lipinski definition) is 1. The van der Waals surface area contributed by atoms with Gasteiger partial charge in [-0.2, -0.15) is 0 Å². The van der Waals surface area contributed by atoms with Gasteiger partial charge in [0.2, 0.25) is 0 Å². The molecule has 1 N–H and O–H groups in total. The van der Waals surface area contributed by atoms with Crippen LogP contribution >= 0.6 is 0 Å². The lowest BCUT2D eigenvalue weighted by Gasteiger charge is -1.97. The maximum Gasteiger partial charge on any atom is 0.172 e. The van der Waals surface area contributed by atoms with Crippen LogP contribution in [0.25, 0.3) is 0 Å². The normalized spacial score (nSPS) is 28.1. The molecule has 1 saturated carbocycles. The van der Waals surface area contributed by atoms with E-state index in [2.05, 4.69) is 12.8 Å². The van der Waals surface area contributed by atoms with Gasteiger partial charge in [0.15, 0.2) is 6.10 Å². The number of aliphatic hydroxyl groups excluding tert-OH is 1. The van der Waals surface area contributed by atoms with Crippen molar-refractivity contribution in [1.82, 2.24) is 0 Å². The zero-order valence-corrected chi connectivity index (χ0v) is 7.53. The van der Waals surface area contributed by atoms with E-state index in [4.69, 9.17) is 10.8 Å². The molecule has 0 bridgehead atoms. The Balaban J connectivity index is 2.15. The molecule has 2 rings (SSSR count). The van der Waals surface area contributed by atoms with Crippen molar-refractivity contribution in [2.75, 3.05) is 0 Å². The molecular formula is C11H12O2. The minimum atomic E-state index is -0.900. The summed E-state index contributed by atoms with van der Waals surface area (Å²) >= 11 is 0. The third kappa shape index (κ3) is 1.48. The Bertz CT molecular complexity index is 345. The molecule has 0 aliphatic heterocycles. The van der Waals surface area contributed by atoms with Gasteiger partial charge in [0, 0.05) is 5.92 Å². The van der Waals surface area contributed by atoms with Gasteiger partial charge in [0.25, 0.3) is 0 Å². The van der Waals surface area contributed by atoms with Crippen LogP contribution in [0.4, 0.5) is 0 Å². The molecule has 0 saturated heterocycles. The van der Waals surface area contributed by atoms with E-state index < -0.39 is 6.10 Å². The van der Waals surface area contributed by atoms with Gasteiger partial charge in [-0.05, 0) is 24.5 Å². The van der Waals surface area contributed by atoms with Gasteiger partial charge in [-0.3, -0.25) is 0 Å². The number of rotatable bonds is 2. The fourth-order valence-electron chi connectivity index (χ4n) is 1.52. The van der Waals surface area contributed by atoms with Gasteiger partial charge in [-0.15, -0.1) is 6.42 Å². The highest BCUT2D eigenvalue weighted by Gasteiger charge is 2.36. The molecular weight excluding hydrogens is 164 g/mol. The average Bonchev–Trinajstić information content (AvgIpc) is 2.70. The quantitative estimate of drug-likeness (QED) is 0.700. The van der Waals surface area contributed by atoms with E-state index in [-0.39, 0.29) is 0 Å². The first-order valence-electron chi connectivity index (χ1n) is 4.46. The fourth-order valence-corrected chi connectivity index (χ4v) is 1.52. The van der Waals surface area contributed by atoms with Crippen molar-refractivity contribution < 1.29 is 9.52 Å².